The molecule has 6 nitrogen and oxygen atoms in total. The number of phenols is 1. The zero-order valence-corrected chi connectivity index (χ0v) is 9.41. The lowest BCUT2D eigenvalue weighted by atomic mass is 10.1. The molecule has 0 aliphatic rings. The smallest absolute Gasteiger partial charge is 0.328 e. The van der Waals surface area contributed by atoms with E-state index in [9.17, 15) is 19.8 Å². The van der Waals surface area contributed by atoms with Gasteiger partial charge >= 0.3 is 5.97 Å². The lowest BCUT2D eigenvalue weighted by Crippen LogP contribution is -2.26. The molecule has 0 fully saturated rings. The number of nitrogens with one attached hydrogen (secondary N) is 1. The van der Waals surface area contributed by atoms with E-state index in [0.29, 0.717) is 11.6 Å². The van der Waals surface area contributed by atoms with Gasteiger partial charge in [-0.25, -0.2) is 4.79 Å². The molecule has 0 bridgehead atoms. The standard InChI is InChI=1S/C12H13NO5/c14-9-3-1-2-8(6-9)10(15)7-13-11(16)4-5-12(17)18/h1-6,10,14-15H,7H2,(H,13,16)(H,17,18). The molecule has 4 N–H and O–H groups in total. The predicted molar refractivity (Wildman–Crippen MR) is 62.9 cm³/mol. The van der Waals surface area contributed by atoms with Crippen LogP contribution in [0.4, 0.5) is 0 Å². The zero-order valence-electron chi connectivity index (χ0n) is 9.41. The molecule has 1 amide bonds. The first kappa shape index (κ1) is 13.7. The van der Waals surface area contributed by atoms with E-state index in [1.54, 1.807) is 12.1 Å². The van der Waals surface area contributed by atoms with Crippen LogP contribution in [0.25, 0.3) is 0 Å². The van der Waals surface area contributed by atoms with Gasteiger partial charge in [-0.1, -0.05) is 12.1 Å². The molecule has 0 aliphatic heterocycles. The molecule has 96 valence electrons. The highest BCUT2D eigenvalue weighted by molar-refractivity contribution is 5.93. The van der Waals surface area contributed by atoms with E-state index in [4.69, 9.17) is 5.11 Å². The fourth-order valence-corrected chi connectivity index (χ4v) is 1.25. The van der Waals surface area contributed by atoms with E-state index in [0.717, 1.165) is 6.08 Å². The van der Waals surface area contributed by atoms with Crippen LogP contribution in [-0.2, 0) is 9.59 Å². The number of carbonyl (C=O) groups excluding carboxylic acids is 1. The van der Waals surface area contributed by atoms with Crippen molar-refractivity contribution in [3.8, 4) is 5.75 Å². The molecule has 0 saturated heterocycles. The van der Waals surface area contributed by atoms with E-state index >= 15 is 0 Å². The summed E-state index contributed by atoms with van der Waals surface area (Å²) in [6.07, 6.45) is 0.590. The van der Waals surface area contributed by atoms with Crippen molar-refractivity contribution in [3.63, 3.8) is 0 Å². The summed E-state index contributed by atoms with van der Waals surface area (Å²) in [5, 5.41) is 29.6. The van der Waals surface area contributed by atoms with Gasteiger partial charge in [0, 0.05) is 18.7 Å². The monoisotopic (exact) mass is 251 g/mol. The fraction of sp³-hybridized carbons (Fsp3) is 0.167. The Kier molecular flexibility index (Phi) is 4.89. The Labute approximate surface area is 103 Å². The van der Waals surface area contributed by atoms with Crippen molar-refractivity contribution in [1.82, 2.24) is 5.32 Å². The second-order valence-electron chi connectivity index (χ2n) is 3.53. The molecule has 0 aliphatic carbocycles. The normalized spacial score (nSPS) is 12.3. The van der Waals surface area contributed by atoms with Gasteiger partial charge in [0.2, 0.25) is 5.91 Å². The van der Waals surface area contributed by atoms with Gasteiger partial charge in [-0.15, -0.1) is 0 Å². The van der Waals surface area contributed by atoms with E-state index in [2.05, 4.69) is 5.32 Å². The highest BCUT2D eigenvalue weighted by atomic mass is 16.4. The number of benzene rings is 1. The second-order valence-corrected chi connectivity index (χ2v) is 3.53. The molecule has 1 rings (SSSR count). The Hall–Kier alpha value is -2.34. The van der Waals surface area contributed by atoms with Gasteiger partial charge in [-0.3, -0.25) is 4.79 Å². The number of hydrogen-bond donors (Lipinski definition) is 4. The van der Waals surface area contributed by atoms with Gasteiger partial charge in [-0.05, 0) is 17.7 Å². The molecule has 0 radical (unpaired) electrons. The van der Waals surface area contributed by atoms with Crippen molar-refractivity contribution < 1.29 is 24.9 Å². The predicted octanol–water partition coefficient (Wildman–Crippen LogP) is 0.183. The summed E-state index contributed by atoms with van der Waals surface area (Å²) in [5.74, 6) is -1.82. The molecule has 1 aromatic rings. The maximum atomic E-state index is 11.1. The number of carboxylic acids is 1. The molecule has 1 atom stereocenters. The molecule has 1 unspecified atom stereocenters. The highest BCUT2D eigenvalue weighted by Crippen LogP contribution is 2.17. The number of phenolic OH excluding ortho intramolecular Hbond substituents is 1. The molecular formula is C12H13NO5. The summed E-state index contributed by atoms with van der Waals surface area (Å²) in [5.41, 5.74) is 0.456. The van der Waals surface area contributed by atoms with Crippen molar-refractivity contribution in [2.24, 2.45) is 0 Å². The summed E-state index contributed by atoms with van der Waals surface area (Å²) < 4.78 is 0. The Morgan fingerprint density at radius 1 is 1.33 bits per heavy atom. The number of aliphatic hydroxyl groups excluding tert-OH is 1. The number of carboxylic acid groups (broad SMARTS) is 1. The van der Waals surface area contributed by atoms with Crippen molar-refractivity contribution in [1.29, 1.82) is 0 Å². The molecule has 18 heavy (non-hydrogen) atoms. The lowest BCUT2D eigenvalue weighted by molar-refractivity contribution is -0.131. The maximum absolute atomic E-state index is 11.1. The van der Waals surface area contributed by atoms with Crippen LogP contribution in [0.3, 0.4) is 0 Å². The first-order valence-electron chi connectivity index (χ1n) is 5.15. The molecule has 0 heterocycles. The van der Waals surface area contributed by atoms with Gasteiger partial charge in [-0.2, -0.15) is 0 Å². The van der Waals surface area contributed by atoms with Crippen molar-refractivity contribution >= 4 is 11.9 Å². The molecule has 1 aromatic carbocycles. The van der Waals surface area contributed by atoms with Crippen molar-refractivity contribution in [2.75, 3.05) is 6.54 Å². The van der Waals surface area contributed by atoms with E-state index in [1.807, 2.05) is 0 Å². The average molecular weight is 251 g/mol. The number of amides is 1. The third-order valence-electron chi connectivity index (χ3n) is 2.10. The zero-order chi connectivity index (χ0) is 13.5. The third-order valence-corrected chi connectivity index (χ3v) is 2.10. The summed E-state index contributed by atoms with van der Waals surface area (Å²) in [6.45, 7) is -0.0771. The van der Waals surface area contributed by atoms with Gasteiger partial charge in [0.25, 0.3) is 0 Å². The van der Waals surface area contributed by atoms with Crippen LogP contribution in [0, 0.1) is 0 Å². The topological polar surface area (TPSA) is 107 Å². The van der Waals surface area contributed by atoms with Gasteiger partial charge < -0.3 is 20.6 Å². The van der Waals surface area contributed by atoms with Gasteiger partial charge in [0.1, 0.15) is 5.75 Å². The largest absolute Gasteiger partial charge is 0.508 e. The number of rotatable bonds is 5. The number of carbonyl (C=O) groups is 2. The van der Waals surface area contributed by atoms with E-state index in [1.165, 1.54) is 12.1 Å². The SMILES string of the molecule is O=C(O)C=CC(=O)NCC(O)c1cccc(O)c1. The number of hydrogen-bond acceptors (Lipinski definition) is 4. The highest BCUT2D eigenvalue weighted by Gasteiger charge is 2.08. The Bertz CT molecular complexity index is 469. The second kappa shape index (κ2) is 6.41. The summed E-state index contributed by atoms with van der Waals surface area (Å²) in [7, 11) is 0. The number of aromatic hydroxyl groups is 1. The minimum Gasteiger partial charge on any atom is -0.508 e. The number of aliphatic hydroxyl groups is 1. The van der Waals surface area contributed by atoms with Crippen LogP contribution >= 0.6 is 0 Å². The number of aliphatic carboxylic acids is 1. The van der Waals surface area contributed by atoms with Crippen LogP contribution in [0.2, 0.25) is 0 Å². The molecular weight excluding hydrogens is 238 g/mol. The molecule has 0 saturated carbocycles. The van der Waals surface area contributed by atoms with Crippen LogP contribution < -0.4 is 5.32 Å². The first-order chi connectivity index (χ1) is 8.49. The summed E-state index contributed by atoms with van der Waals surface area (Å²) in [4.78, 5) is 21.3. The Balaban J connectivity index is 2.49. The Morgan fingerprint density at radius 3 is 2.67 bits per heavy atom. The Morgan fingerprint density at radius 2 is 2.06 bits per heavy atom. The molecule has 0 spiro atoms. The van der Waals surface area contributed by atoms with Crippen molar-refractivity contribution in [3.05, 3.63) is 42.0 Å². The van der Waals surface area contributed by atoms with Crippen LogP contribution in [0.15, 0.2) is 36.4 Å². The first-order valence-corrected chi connectivity index (χ1v) is 5.15. The van der Waals surface area contributed by atoms with Crippen LogP contribution in [-0.4, -0.2) is 33.7 Å². The summed E-state index contributed by atoms with van der Waals surface area (Å²) >= 11 is 0. The molecule has 0 aromatic heterocycles. The maximum Gasteiger partial charge on any atom is 0.328 e. The van der Waals surface area contributed by atoms with Crippen LogP contribution in [0.5, 0.6) is 5.75 Å². The summed E-state index contributed by atoms with van der Waals surface area (Å²) in [6, 6.07) is 6.01. The van der Waals surface area contributed by atoms with E-state index in [-0.39, 0.29) is 12.3 Å². The third kappa shape index (κ3) is 4.67. The quantitative estimate of drug-likeness (QED) is 0.558. The minimum absolute atomic E-state index is 0.0173. The lowest BCUT2D eigenvalue weighted by Gasteiger charge is -2.11. The fourth-order valence-electron chi connectivity index (χ4n) is 1.25. The van der Waals surface area contributed by atoms with Gasteiger partial charge in [0.05, 0.1) is 6.10 Å². The molecule has 6 heteroatoms. The van der Waals surface area contributed by atoms with E-state index < -0.39 is 18.0 Å². The van der Waals surface area contributed by atoms with Crippen LogP contribution in [0.1, 0.15) is 11.7 Å². The van der Waals surface area contributed by atoms with Crippen molar-refractivity contribution in [2.45, 2.75) is 6.10 Å². The minimum atomic E-state index is -1.22. The van der Waals surface area contributed by atoms with Gasteiger partial charge in [0.15, 0.2) is 0 Å². The average Bonchev–Trinajstić information content (AvgIpc) is 2.33.